The van der Waals surface area contributed by atoms with E-state index < -0.39 is 0 Å². The van der Waals surface area contributed by atoms with E-state index in [1.807, 2.05) is 56.3 Å². The fourth-order valence-electron chi connectivity index (χ4n) is 2.27. The number of nitrogens with two attached hydrogens (primary N) is 1. The Bertz CT molecular complexity index is 602. The van der Waals surface area contributed by atoms with Crippen LogP contribution in [0.1, 0.15) is 33.5 Å². The number of nitrogen functional groups attached to an aromatic ring is 1. The van der Waals surface area contributed by atoms with Gasteiger partial charge in [-0.25, -0.2) is 0 Å². The summed E-state index contributed by atoms with van der Waals surface area (Å²) >= 11 is 0. The van der Waals surface area contributed by atoms with Crippen LogP contribution < -0.4 is 5.73 Å². The van der Waals surface area contributed by atoms with Crippen LogP contribution in [0.15, 0.2) is 42.5 Å². The second-order valence-electron chi connectivity index (χ2n) is 4.99. The Labute approximate surface area is 114 Å². The van der Waals surface area contributed by atoms with Crippen molar-refractivity contribution in [1.82, 2.24) is 0 Å². The zero-order valence-corrected chi connectivity index (χ0v) is 11.4. The first-order chi connectivity index (χ1) is 9.06. The summed E-state index contributed by atoms with van der Waals surface area (Å²) in [4.78, 5) is 12.2. The molecule has 0 saturated heterocycles. The van der Waals surface area contributed by atoms with Crippen molar-refractivity contribution in [2.45, 2.75) is 26.7 Å². The maximum absolute atomic E-state index is 12.2. The molecule has 2 heteroatoms. The van der Waals surface area contributed by atoms with Crippen LogP contribution in [0.5, 0.6) is 0 Å². The quantitative estimate of drug-likeness (QED) is 0.667. The zero-order valence-electron chi connectivity index (χ0n) is 11.4. The number of hydrogen-bond donors (Lipinski definition) is 1. The second kappa shape index (κ2) is 5.70. The highest BCUT2D eigenvalue weighted by atomic mass is 16.1. The zero-order chi connectivity index (χ0) is 13.8. The van der Waals surface area contributed by atoms with Gasteiger partial charge in [0.25, 0.3) is 0 Å². The van der Waals surface area contributed by atoms with Gasteiger partial charge in [-0.3, -0.25) is 4.79 Å². The first-order valence-corrected chi connectivity index (χ1v) is 6.51. The summed E-state index contributed by atoms with van der Waals surface area (Å²) in [6.45, 7) is 4.02. The highest BCUT2D eigenvalue weighted by Gasteiger charge is 2.09. The maximum atomic E-state index is 12.2. The highest BCUT2D eigenvalue weighted by molar-refractivity contribution is 5.97. The number of anilines is 1. The van der Waals surface area contributed by atoms with E-state index in [0.29, 0.717) is 6.42 Å². The summed E-state index contributed by atoms with van der Waals surface area (Å²) in [7, 11) is 0. The van der Waals surface area contributed by atoms with Crippen LogP contribution in [0.3, 0.4) is 0 Å². The van der Waals surface area contributed by atoms with Crippen molar-refractivity contribution in [2.75, 3.05) is 5.73 Å². The monoisotopic (exact) mass is 253 g/mol. The fraction of sp³-hybridized carbons (Fsp3) is 0.235. The fourth-order valence-corrected chi connectivity index (χ4v) is 2.27. The largest absolute Gasteiger partial charge is 0.399 e. The molecule has 0 spiro atoms. The van der Waals surface area contributed by atoms with Gasteiger partial charge in [0.2, 0.25) is 0 Å². The SMILES string of the molecule is Cc1ccc(C(=O)CCc2cccc(N)c2)c(C)c1. The van der Waals surface area contributed by atoms with Gasteiger partial charge in [-0.15, -0.1) is 0 Å². The van der Waals surface area contributed by atoms with Crippen LogP contribution in [-0.4, -0.2) is 5.78 Å². The van der Waals surface area contributed by atoms with Crippen LogP contribution in [0.2, 0.25) is 0 Å². The summed E-state index contributed by atoms with van der Waals surface area (Å²) in [5.41, 5.74) is 10.7. The van der Waals surface area contributed by atoms with E-state index in [4.69, 9.17) is 5.73 Å². The number of carbonyl (C=O) groups excluding carboxylic acids is 1. The molecule has 2 rings (SSSR count). The number of aryl methyl sites for hydroxylation is 3. The van der Waals surface area contributed by atoms with Gasteiger partial charge in [-0.05, 0) is 43.5 Å². The molecule has 2 aromatic rings. The predicted octanol–water partition coefficient (Wildman–Crippen LogP) is 3.70. The average molecular weight is 253 g/mol. The highest BCUT2D eigenvalue weighted by Crippen LogP contribution is 2.15. The number of rotatable bonds is 4. The third-order valence-corrected chi connectivity index (χ3v) is 3.27. The van der Waals surface area contributed by atoms with Crippen molar-refractivity contribution < 1.29 is 4.79 Å². The molecular weight excluding hydrogens is 234 g/mol. The van der Waals surface area contributed by atoms with Gasteiger partial charge in [-0.1, -0.05) is 35.9 Å². The lowest BCUT2D eigenvalue weighted by Gasteiger charge is -2.06. The molecule has 19 heavy (non-hydrogen) atoms. The van der Waals surface area contributed by atoms with Crippen LogP contribution >= 0.6 is 0 Å². The van der Waals surface area contributed by atoms with Crippen molar-refractivity contribution in [2.24, 2.45) is 0 Å². The van der Waals surface area contributed by atoms with Gasteiger partial charge in [0.1, 0.15) is 0 Å². The van der Waals surface area contributed by atoms with E-state index >= 15 is 0 Å². The minimum absolute atomic E-state index is 0.194. The van der Waals surface area contributed by atoms with Gasteiger partial charge in [0.05, 0.1) is 0 Å². The number of carbonyl (C=O) groups is 1. The Balaban J connectivity index is 2.05. The summed E-state index contributed by atoms with van der Waals surface area (Å²) < 4.78 is 0. The molecule has 0 saturated carbocycles. The molecule has 2 aromatic carbocycles. The molecule has 98 valence electrons. The van der Waals surface area contributed by atoms with E-state index in [9.17, 15) is 4.79 Å². The Morgan fingerprint density at radius 3 is 2.58 bits per heavy atom. The van der Waals surface area contributed by atoms with Gasteiger partial charge in [0, 0.05) is 17.7 Å². The molecule has 0 atom stereocenters. The number of benzene rings is 2. The maximum Gasteiger partial charge on any atom is 0.163 e. The van der Waals surface area contributed by atoms with Crippen LogP contribution in [0.4, 0.5) is 5.69 Å². The summed E-state index contributed by atoms with van der Waals surface area (Å²) in [5.74, 6) is 0.194. The van der Waals surface area contributed by atoms with Crippen LogP contribution in [-0.2, 0) is 6.42 Å². The Morgan fingerprint density at radius 1 is 1.11 bits per heavy atom. The average Bonchev–Trinajstić information content (AvgIpc) is 2.36. The van der Waals surface area contributed by atoms with Crippen LogP contribution in [0, 0.1) is 13.8 Å². The molecule has 2 N–H and O–H groups in total. The number of Topliss-reactive ketones (excluding diaryl/α,β-unsaturated/α-hetero) is 1. The first kappa shape index (κ1) is 13.3. The van der Waals surface area contributed by atoms with Crippen molar-refractivity contribution in [3.05, 3.63) is 64.7 Å². The molecular formula is C17H19NO. The molecule has 0 aliphatic carbocycles. The molecule has 0 radical (unpaired) electrons. The van der Waals surface area contributed by atoms with Gasteiger partial charge in [0.15, 0.2) is 5.78 Å². The minimum atomic E-state index is 0.194. The van der Waals surface area contributed by atoms with Crippen molar-refractivity contribution in [1.29, 1.82) is 0 Å². The van der Waals surface area contributed by atoms with Crippen molar-refractivity contribution in [3.63, 3.8) is 0 Å². The lowest BCUT2D eigenvalue weighted by Crippen LogP contribution is -2.04. The summed E-state index contributed by atoms with van der Waals surface area (Å²) in [6, 6.07) is 13.7. The Morgan fingerprint density at radius 2 is 1.89 bits per heavy atom. The smallest absolute Gasteiger partial charge is 0.163 e. The summed E-state index contributed by atoms with van der Waals surface area (Å²) in [5, 5.41) is 0. The first-order valence-electron chi connectivity index (χ1n) is 6.51. The van der Waals surface area contributed by atoms with Crippen LogP contribution in [0.25, 0.3) is 0 Å². The second-order valence-corrected chi connectivity index (χ2v) is 4.99. The van der Waals surface area contributed by atoms with Gasteiger partial charge >= 0.3 is 0 Å². The normalized spacial score (nSPS) is 10.4. The van der Waals surface area contributed by atoms with Gasteiger partial charge < -0.3 is 5.73 Å². The number of hydrogen-bond acceptors (Lipinski definition) is 2. The Kier molecular flexibility index (Phi) is 4.00. The van der Waals surface area contributed by atoms with E-state index in [1.165, 1.54) is 5.56 Å². The minimum Gasteiger partial charge on any atom is -0.399 e. The molecule has 0 bridgehead atoms. The van der Waals surface area contributed by atoms with Gasteiger partial charge in [-0.2, -0.15) is 0 Å². The summed E-state index contributed by atoms with van der Waals surface area (Å²) in [6.07, 6.45) is 1.25. The van der Waals surface area contributed by atoms with E-state index in [1.54, 1.807) is 0 Å². The van der Waals surface area contributed by atoms with Crippen molar-refractivity contribution in [3.8, 4) is 0 Å². The molecule has 0 unspecified atom stereocenters. The lowest BCUT2D eigenvalue weighted by molar-refractivity contribution is 0.0982. The topological polar surface area (TPSA) is 43.1 Å². The molecule has 0 amide bonds. The molecule has 0 aromatic heterocycles. The molecule has 2 nitrogen and oxygen atoms in total. The standard InChI is InChI=1S/C17H19NO/c1-12-6-8-16(13(2)10-12)17(19)9-7-14-4-3-5-15(18)11-14/h3-6,8,10-11H,7,9,18H2,1-2H3. The van der Waals surface area contributed by atoms with E-state index in [2.05, 4.69) is 0 Å². The molecule has 0 aliphatic rings. The lowest BCUT2D eigenvalue weighted by atomic mass is 9.98. The van der Waals surface area contributed by atoms with Crippen molar-refractivity contribution >= 4 is 11.5 Å². The third kappa shape index (κ3) is 3.44. The van der Waals surface area contributed by atoms with E-state index in [0.717, 1.165) is 28.8 Å². The third-order valence-electron chi connectivity index (χ3n) is 3.27. The molecule has 0 aliphatic heterocycles. The Hall–Kier alpha value is -2.09. The predicted molar refractivity (Wildman–Crippen MR) is 79.4 cm³/mol. The van der Waals surface area contributed by atoms with E-state index in [-0.39, 0.29) is 5.78 Å². The molecule has 0 fully saturated rings. The number of ketones is 1. The molecule has 0 heterocycles.